The second-order valence-electron chi connectivity index (χ2n) is 7.88. The van der Waals surface area contributed by atoms with Crippen molar-refractivity contribution >= 4 is 23.2 Å². The highest BCUT2D eigenvalue weighted by Crippen LogP contribution is 2.35. The Balaban J connectivity index is 1.63. The summed E-state index contributed by atoms with van der Waals surface area (Å²) >= 11 is 0. The molecule has 31 heavy (non-hydrogen) atoms. The molecule has 9 nitrogen and oxygen atoms in total. The highest BCUT2D eigenvalue weighted by molar-refractivity contribution is 5.98. The molecule has 3 aromatic heterocycles. The van der Waals surface area contributed by atoms with Crippen LogP contribution < -0.4 is 22.1 Å². The molecule has 0 spiro atoms. The average Bonchev–Trinajstić information content (AvgIpc) is 3.38. The lowest BCUT2D eigenvalue weighted by atomic mass is 10.0. The molecular formula is C21H25FN8O. The summed E-state index contributed by atoms with van der Waals surface area (Å²) in [7, 11) is 0. The first kappa shape index (κ1) is 20.7. The van der Waals surface area contributed by atoms with Crippen molar-refractivity contribution in [2.45, 2.75) is 38.3 Å². The number of rotatable bonds is 9. The predicted octanol–water partition coefficient (Wildman–Crippen LogP) is 2.57. The third kappa shape index (κ3) is 4.97. The zero-order chi connectivity index (χ0) is 22.0. The van der Waals surface area contributed by atoms with Gasteiger partial charge < -0.3 is 22.1 Å². The van der Waals surface area contributed by atoms with E-state index in [1.165, 1.54) is 0 Å². The fourth-order valence-electron chi connectivity index (χ4n) is 3.35. The summed E-state index contributed by atoms with van der Waals surface area (Å²) < 4.78 is 16.4. The lowest BCUT2D eigenvalue weighted by Gasteiger charge is -2.24. The van der Waals surface area contributed by atoms with Crippen LogP contribution in [0.3, 0.4) is 0 Å². The standard InChI is InChI=1S/C21H25FN8O/c1-12(23)18(7-13-3-4-13)28-21-17(22)9-16(19(24)31)20(29-21)27-14-8-15(11-25-10-14)30-6-2-5-26-30/h2,5-6,8-13,18H,3-4,7,23H2,1H3,(H2,24,31)(H2,27,28,29). The van der Waals surface area contributed by atoms with E-state index in [4.69, 9.17) is 11.5 Å². The van der Waals surface area contributed by atoms with Gasteiger partial charge in [0.1, 0.15) is 5.82 Å². The summed E-state index contributed by atoms with van der Waals surface area (Å²) in [6.07, 6.45) is 9.80. The van der Waals surface area contributed by atoms with Crippen molar-refractivity contribution in [3.05, 3.63) is 54.4 Å². The van der Waals surface area contributed by atoms with Crippen LogP contribution in [0, 0.1) is 11.7 Å². The van der Waals surface area contributed by atoms with Crippen molar-refractivity contribution in [3.63, 3.8) is 0 Å². The molecule has 3 aromatic rings. The first-order chi connectivity index (χ1) is 14.9. The van der Waals surface area contributed by atoms with E-state index in [-0.39, 0.29) is 29.3 Å². The zero-order valence-corrected chi connectivity index (χ0v) is 17.1. The van der Waals surface area contributed by atoms with Gasteiger partial charge in [0, 0.05) is 24.5 Å². The van der Waals surface area contributed by atoms with Crippen LogP contribution in [-0.4, -0.2) is 37.7 Å². The van der Waals surface area contributed by atoms with E-state index >= 15 is 0 Å². The molecule has 0 bridgehead atoms. The van der Waals surface area contributed by atoms with Crippen LogP contribution in [0.1, 0.15) is 36.5 Å². The van der Waals surface area contributed by atoms with E-state index in [1.807, 2.05) is 6.92 Å². The second kappa shape index (κ2) is 8.68. The van der Waals surface area contributed by atoms with Gasteiger partial charge in [0.25, 0.3) is 5.91 Å². The van der Waals surface area contributed by atoms with Crippen molar-refractivity contribution in [3.8, 4) is 5.69 Å². The number of nitrogens with two attached hydrogens (primary N) is 2. The third-order valence-corrected chi connectivity index (χ3v) is 5.24. The summed E-state index contributed by atoms with van der Waals surface area (Å²) in [5.41, 5.74) is 12.7. The van der Waals surface area contributed by atoms with Crippen molar-refractivity contribution in [2.75, 3.05) is 10.6 Å². The van der Waals surface area contributed by atoms with Crippen LogP contribution in [0.2, 0.25) is 0 Å². The summed E-state index contributed by atoms with van der Waals surface area (Å²) in [6.45, 7) is 1.88. The van der Waals surface area contributed by atoms with Crippen molar-refractivity contribution in [2.24, 2.45) is 17.4 Å². The number of pyridine rings is 2. The summed E-state index contributed by atoms with van der Waals surface area (Å²) in [5.74, 6) is -0.704. The van der Waals surface area contributed by atoms with Crippen LogP contribution in [-0.2, 0) is 0 Å². The number of halogens is 1. The van der Waals surface area contributed by atoms with E-state index in [1.54, 1.807) is 41.6 Å². The van der Waals surface area contributed by atoms with Gasteiger partial charge in [0.2, 0.25) is 0 Å². The Morgan fingerprint density at radius 1 is 1.32 bits per heavy atom. The van der Waals surface area contributed by atoms with Crippen LogP contribution in [0.25, 0.3) is 5.69 Å². The Labute approximate surface area is 179 Å². The SMILES string of the molecule is CC(N)C(CC1CC1)Nc1nc(Nc2cncc(-n3cccn3)c2)c(C(N)=O)cc1F. The number of primary amides is 1. The van der Waals surface area contributed by atoms with Gasteiger partial charge >= 0.3 is 0 Å². The fraction of sp³-hybridized carbons (Fsp3) is 0.333. The molecule has 3 heterocycles. The molecular weight excluding hydrogens is 399 g/mol. The van der Waals surface area contributed by atoms with E-state index in [0.717, 1.165) is 25.3 Å². The number of carbonyl (C=O) groups is 1. The minimum atomic E-state index is -0.793. The topological polar surface area (TPSA) is 137 Å². The first-order valence-electron chi connectivity index (χ1n) is 10.1. The Kier molecular flexibility index (Phi) is 5.81. The summed E-state index contributed by atoms with van der Waals surface area (Å²) in [5, 5.41) is 10.3. The number of nitrogens with zero attached hydrogens (tertiary/aromatic N) is 4. The number of aromatic nitrogens is 4. The molecule has 10 heteroatoms. The molecule has 2 unspecified atom stereocenters. The van der Waals surface area contributed by atoms with Crippen molar-refractivity contribution < 1.29 is 9.18 Å². The molecule has 1 saturated carbocycles. The number of nitrogens with one attached hydrogen (secondary N) is 2. The lowest BCUT2D eigenvalue weighted by Crippen LogP contribution is -2.39. The fourth-order valence-corrected chi connectivity index (χ4v) is 3.35. The molecule has 2 atom stereocenters. The first-order valence-corrected chi connectivity index (χ1v) is 10.1. The maximum absolute atomic E-state index is 14.7. The molecule has 0 aromatic carbocycles. The second-order valence-corrected chi connectivity index (χ2v) is 7.88. The van der Waals surface area contributed by atoms with Gasteiger partial charge in [-0.25, -0.2) is 14.1 Å². The van der Waals surface area contributed by atoms with Crippen LogP contribution in [0.5, 0.6) is 0 Å². The monoisotopic (exact) mass is 424 g/mol. The number of anilines is 3. The Morgan fingerprint density at radius 3 is 2.77 bits per heavy atom. The third-order valence-electron chi connectivity index (χ3n) is 5.24. The molecule has 1 amide bonds. The van der Waals surface area contributed by atoms with Gasteiger partial charge in [0.15, 0.2) is 11.6 Å². The van der Waals surface area contributed by atoms with Crippen LogP contribution in [0.15, 0.2) is 43.0 Å². The Morgan fingerprint density at radius 2 is 2.13 bits per heavy atom. The smallest absolute Gasteiger partial charge is 0.252 e. The van der Waals surface area contributed by atoms with Gasteiger partial charge in [-0.1, -0.05) is 12.8 Å². The lowest BCUT2D eigenvalue weighted by molar-refractivity contribution is 0.100. The molecule has 4 rings (SSSR count). The van der Waals surface area contributed by atoms with Crippen molar-refractivity contribution in [1.82, 2.24) is 19.7 Å². The highest BCUT2D eigenvalue weighted by atomic mass is 19.1. The number of hydrogen-bond acceptors (Lipinski definition) is 7. The molecule has 1 aliphatic carbocycles. The van der Waals surface area contributed by atoms with Gasteiger partial charge in [0.05, 0.1) is 29.3 Å². The molecule has 0 radical (unpaired) electrons. The number of carbonyl (C=O) groups excluding carboxylic acids is 1. The molecule has 6 N–H and O–H groups in total. The van der Waals surface area contributed by atoms with E-state index in [2.05, 4.69) is 25.7 Å². The Hall–Kier alpha value is -3.53. The van der Waals surface area contributed by atoms with E-state index in [0.29, 0.717) is 17.3 Å². The van der Waals surface area contributed by atoms with Gasteiger partial charge in [-0.2, -0.15) is 5.10 Å². The molecule has 1 fully saturated rings. The van der Waals surface area contributed by atoms with E-state index in [9.17, 15) is 9.18 Å². The van der Waals surface area contributed by atoms with Gasteiger partial charge in [-0.15, -0.1) is 0 Å². The minimum Gasteiger partial charge on any atom is -0.365 e. The normalized spacial score (nSPS) is 15.3. The van der Waals surface area contributed by atoms with Gasteiger partial charge in [-0.05, 0) is 37.5 Å². The Bertz CT molecular complexity index is 1070. The maximum Gasteiger partial charge on any atom is 0.252 e. The van der Waals surface area contributed by atoms with E-state index < -0.39 is 11.7 Å². The molecule has 0 aliphatic heterocycles. The number of hydrogen-bond donors (Lipinski definition) is 4. The molecule has 1 aliphatic rings. The maximum atomic E-state index is 14.7. The average molecular weight is 424 g/mol. The number of amides is 1. The quantitative estimate of drug-likeness (QED) is 0.414. The minimum absolute atomic E-state index is 0.0200. The largest absolute Gasteiger partial charge is 0.365 e. The predicted molar refractivity (Wildman–Crippen MR) is 116 cm³/mol. The summed E-state index contributed by atoms with van der Waals surface area (Å²) in [4.78, 5) is 20.4. The zero-order valence-electron chi connectivity index (χ0n) is 17.1. The summed E-state index contributed by atoms with van der Waals surface area (Å²) in [6, 6.07) is 4.33. The molecule has 162 valence electrons. The van der Waals surface area contributed by atoms with Crippen LogP contribution in [0.4, 0.5) is 21.7 Å². The van der Waals surface area contributed by atoms with Gasteiger partial charge in [-0.3, -0.25) is 9.78 Å². The highest BCUT2D eigenvalue weighted by Gasteiger charge is 2.28. The van der Waals surface area contributed by atoms with Crippen molar-refractivity contribution in [1.29, 1.82) is 0 Å². The van der Waals surface area contributed by atoms with Crippen LogP contribution >= 0.6 is 0 Å². The molecule has 0 saturated heterocycles.